The molecule has 2 rings (SSSR count). The van der Waals surface area contributed by atoms with Gasteiger partial charge >= 0.3 is 10.1 Å². The highest BCUT2D eigenvalue weighted by molar-refractivity contribution is 9.10. The van der Waals surface area contributed by atoms with Crippen molar-refractivity contribution in [3.8, 4) is 11.5 Å². The zero-order valence-corrected chi connectivity index (χ0v) is 14.6. The molecule has 0 aromatic heterocycles. The topological polar surface area (TPSA) is 52.6 Å². The number of ether oxygens (including phenoxy) is 1. The summed E-state index contributed by atoms with van der Waals surface area (Å²) in [6.07, 6.45) is 0. The predicted molar refractivity (Wildman–Crippen MR) is 85.0 cm³/mol. The molecule has 4 nitrogen and oxygen atoms in total. The molecule has 0 N–H and O–H groups in total. The number of halogens is 3. The van der Waals surface area contributed by atoms with Crippen LogP contribution in [0.4, 0.5) is 0 Å². The molecule has 0 aliphatic heterocycles. The van der Waals surface area contributed by atoms with Gasteiger partial charge in [-0.2, -0.15) is 8.42 Å². The van der Waals surface area contributed by atoms with Crippen molar-refractivity contribution in [3.05, 3.63) is 50.9 Å². The largest absolute Gasteiger partial charge is 0.495 e. The SMILES string of the molecule is COc1ccc(Br)cc1S(=O)(=O)Oc1cc(Cl)ccc1Cl. The molecule has 0 atom stereocenters. The molecule has 8 heteroatoms. The number of hydrogen-bond donors (Lipinski definition) is 0. The first-order valence-corrected chi connectivity index (χ1v) is 8.52. The Bertz CT molecular complexity index is 778. The maximum Gasteiger partial charge on any atom is 0.343 e. The Morgan fingerprint density at radius 3 is 2.43 bits per heavy atom. The summed E-state index contributed by atoms with van der Waals surface area (Å²) < 4.78 is 35.4. The van der Waals surface area contributed by atoms with E-state index < -0.39 is 10.1 Å². The van der Waals surface area contributed by atoms with Gasteiger partial charge in [-0.05, 0) is 30.3 Å². The summed E-state index contributed by atoms with van der Waals surface area (Å²) in [6.45, 7) is 0. The van der Waals surface area contributed by atoms with Crippen molar-refractivity contribution in [1.29, 1.82) is 0 Å². The Morgan fingerprint density at radius 1 is 1.05 bits per heavy atom. The first kappa shape index (κ1) is 16.4. The van der Waals surface area contributed by atoms with Gasteiger partial charge in [-0.15, -0.1) is 0 Å². The molecule has 112 valence electrons. The quantitative estimate of drug-likeness (QED) is 0.693. The normalized spacial score (nSPS) is 11.2. The Balaban J connectivity index is 2.48. The van der Waals surface area contributed by atoms with Crippen molar-refractivity contribution >= 4 is 49.2 Å². The van der Waals surface area contributed by atoms with E-state index in [1.807, 2.05) is 0 Å². The minimum absolute atomic E-state index is 0.0498. The van der Waals surface area contributed by atoms with Crippen molar-refractivity contribution in [2.24, 2.45) is 0 Å². The van der Waals surface area contributed by atoms with E-state index in [0.29, 0.717) is 9.50 Å². The van der Waals surface area contributed by atoms with Gasteiger partial charge in [0, 0.05) is 15.6 Å². The Labute approximate surface area is 140 Å². The maximum absolute atomic E-state index is 12.4. The summed E-state index contributed by atoms with van der Waals surface area (Å²) in [4.78, 5) is -0.115. The highest BCUT2D eigenvalue weighted by Gasteiger charge is 2.23. The highest BCUT2D eigenvalue weighted by atomic mass is 79.9. The molecule has 0 spiro atoms. The molecule has 0 saturated heterocycles. The Morgan fingerprint density at radius 2 is 1.76 bits per heavy atom. The zero-order valence-electron chi connectivity index (χ0n) is 10.6. The van der Waals surface area contributed by atoms with Crippen LogP contribution in [0, 0.1) is 0 Å². The molecule has 0 bridgehead atoms. The van der Waals surface area contributed by atoms with Gasteiger partial charge in [0.1, 0.15) is 10.6 Å². The molecule has 0 aliphatic rings. The van der Waals surface area contributed by atoms with Gasteiger partial charge in [0.2, 0.25) is 0 Å². The summed E-state index contributed by atoms with van der Waals surface area (Å²) >= 11 is 14.9. The average Bonchev–Trinajstić information content (AvgIpc) is 2.42. The molecule has 2 aromatic rings. The predicted octanol–water partition coefficient (Wildman–Crippen LogP) is 4.53. The van der Waals surface area contributed by atoms with E-state index in [4.69, 9.17) is 32.1 Å². The van der Waals surface area contributed by atoms with Crippen LogP contribution in [0.3, 0.4) is 0 Å². The van der Waals surface area contributed by atoms with E-state index in [9.17, 15) is 8.42 Å². The van der Waals surface area contributed by atoms with Crippen LogP contribution in [-0.4, -0.2) is 15.5 Å². The van der Waals surface area contributed by atoms with E-state index in [2.05, 4.69) is 15.9 Å². The van der Waals surface area contributed by atoms with E-state index in [1.165, 1.54) is 37.4 Å². The molecule has 21 heavy (non-hydrogen) atoms. The lowest BCUT2D eigenvalue weighted by molar-refractivity contribution is 0.398. The molecule has 0 radical (unpaired) electrons. The lowest BCUT2D eigenvalue weighted by Gasteiger charge is -2.12. The number of methoxy groups -OCH3 is 1. The first-order valence-electron chi connectivity index (χ1n) is 5.56. The molecule has 0 heterocycles. The second-order valence-corrected chi connectivity index (χ2v) is 7.18. The molecular weight excluding hydrogens is 403 g/mol. The van der Waals surface area contributed by atoms with Crippen LogP contribution in [0.2, 0.25) is 10.0 Å². The van der Waals surface area contributed by atoms with Crippen LogP contribution in [-0.2, 0) is 10.1 Å². The molecule has 2 aromatic carbocycles. The number of rotatable bonds is 4. The van der Waals surface area contributed by atoms with Crippen molar-refractivity contribution < 1.29 is 17.3 Å². The fourth-order valence-corrected chi connectivity index (χ4v) is 3.56. The van der Waals surface area contributed by atoms with Gasteiger partial charge in [-0.25, -0.2) is 0 Å². The fraction of sp³-hybridized carbons (Fsp3) is 0.0769. The van der Waals surface area contributed by atoms with Crippen LogP contribution in [0.1, 0.15) is 0 Å². The highest BCUT2D eigenvalue weighted by Crippen LogP contribution is 2.33. The van der Waals surface area contributed by atoms with E-state index in [-0.39, 0.29) is 21.4 Å². The van der Waals surface area contributed by atoms with Gasteiger partial charge in [0.15, 0.2) is 5.75 Å². The fourth-order valence-electron chi connectivity index (χ4n) is 1.55. The van der Waals surface area contributed by atoms with Gasteiger partial charge in [0.25, 0.3) is 0 Å². The van der Waals surface area contributed by atoms with Crippen LogP contribution in [0.25, 0.3) is 0 Å². The minimum Gasteiger partial charge on any atom is -0.495 e. The van der Waals surface area contributed by atoms with E-state index >= 15 is 0 Å². The van der Waals surface area contributed by atoms with Crippen LogP contribution >= 0.6 is 39.1 Å². The van der Waals surface area contributed by atoms with Gasteiger partial charge in [-0.3, -0.25) is 0 Å². The lowest BCUT2D eigenvalue weighted by atomic mass is 10.3. The minimum atomic E-state index is -4.12. The second-order valence-electron chi connectivity index (χ2n) is 3.91. The summed E-state index contributed by atoms with van der Waals surface area (Å²) in [7, 11) is -2.75. The third-order valence-electron chi connectivity index (χ3n) is 2.49. The monoisotopic (exact) mass is 410 g/mol. The first-order chi connectivity index (χ1) is 9.83. The molecule has 0 aliphatic carbocycles. The summed E-state index contributed by atoms with van der Waals surface area (Å²) in [6, 6.07) is 8.86. The van der Waals surface area contributed by atoms with Gasteiger partial charge in [0.05, 0.1) is 12.1 Å². The lowest BCUT2D eigenvalue weighted by Crippen LogP contribution is -2.11. The Hall–Kier alpha value is -0.950. The van der Waals surface area contributed by atoms with Gasteiger partial charge < -0.3 is 8.92 Å². The Kier molecular flexibility index (Phi) is 5.03. The average molecular weight is 412 g/mol. The smallest absolute Gasteiger partial charge is 0.343 e. The number of hydrogen-bond acceptors (Lipinski definition) is 4. The van der Waals surface area contributed by atoms with Gasteiger partial charge in [-0.1, -0.05) is 39.1 Å². The second kappa shape index (κ2) is 6.44. The molecule has 0 fully saturated rings. The standard InChI is InChI=1S/C13H9BrCl2O4S/c1-19-11-5-2-8(14)6-13(11)21(17,18)20-12-7-9(15)3-4-10(12)16/h2-7H,1H3. The van der Waals surface area contributed by atoms with Crippen molar-refractivity contribution in [3.63, 3.8) is 0 Å². The molecule has 0 amide bonds. The third kappa shape index (κ3) is 3.83. The van der Waals surface area contributed by atoms with Crippen LogP contribution in [0.5, 0.6) is 11.5 Å². The van der Waals surface area contributed by atoms with E-state index in [0.717, 1.165) is 0 Å². The van der Waals surface area contributed by atoms with Crippen LogP contribution < -0.4 is 8.92 Å². The third-order valence-corrected chi connectivity index (χ3v) is 4.79. The van der Waals surface area contributed by atoms with Crippen molar-refractivity contribution in [2.45, 2.75) is 4.90 Å². The van der Waals surface area contributed by atoms with Crippen molar-refractivity contribution in [1.82, 2.24) is 0 Å². The molecular formula is C13H9BrCl2O4S. The maximum atomic E-state index is 12.4. The summed E-state index contributed by atoms with van der Waals surface area (Å²) in [5, 5.41) is 0.447. The molecule has 0 saturated carbocycles. The number of benzene rings is 2. The summed E-state index contributed by atoms with van der Waals surface area (Å²) in [5.41, 5.74) is 0. The zero-order chi connectivity index (χ0) is 15.6. The van der Waals surface area contributed by atoms with E-state index in [1.54, 1.807) is 6.07 Å². The molecule has 0 unspecified atom stereocenters. The summed E-state index contributed by atoms with van der Waals surface area (Å²) in [5.74, 6) is 0.113. The van der Waals surface area contributed by atoms with Crippen LogP contribution in [0.15, 0.2) is 45.8 Å². The van der Waals surface area contributed by atoms with Crippen molar-refractivity contribution in [2.75, 3.05) is 7.11 Å².